The monoisotopic (exact) mass is 526 g/mol. The van der Waals surface area contributed by atoms with Gasteiger partial charge >= 0.3 is 11.9 Å². The molecular weight excluding hydrogens is 496 g/mol. The van der Waals surface area contributed by atoms with E-state index in [1.807, 2.05) is 0 Å². The lowest BCUT2D eigenvalue weighted by molar-refractivity contribution is -0.344. The van der Waals surface area contributed by atoms with Gasteiger partial charge in [0.1, 0.15) is 6.10 Å². The van der Waals surface area contributed by atoms with Crippen molar-refractivity contribution in [2.75, 3.05) is 0 Å². The van der Waals surface area contributed by atoms with Gasteiger partial charge in [-0.1, -0.05) is 31.2 Å². The van der Waals surface area contributed by atoms with Crippen LogP contribution < -0.4 is 0 Å². The molecule has 0 aromatic carbocycles. The molecule has 5 fully saturated rings. The van der Waals surface area contributed by atoms with Gasteiger partial charge in [-0.2, -0.15) is 0 Å². The minimum atomic E-state index is -2.71. The fourth-order valence-corrected chi connectivity index (χ4v) is 9.26. The molecule has 7 aliphatic rings. The topological polar surface area (TPSA) is 157 Å². The smallest absolute Gasteiger partial charge is 0.342 e. The van der Waals surface area contributed by atoms with Gasteiger partial charge in [-0.3, -0.25) is 9.59 Å². The van der Waals surface area contributed by atoms with Crippen molar-refractivity contribution in [2.45, 2.75) is 81.3 Å². The van der Waals surface area contributed by atoms with Gasteiger partial charge in [0.15, 0.2) is 28.4 Å². The second-order valence-corrected chi connectivity index (χ2v) is 12.7. The number of carbonyl (C=O) groups excluding carboxylic acids is 4. The van der Waals surface area contributed by atoms with Crippen molar-refractivity contribution < 1.29 is 48.7 Å². The summed E-state index contributed by atoms with van der Waals surface area (Å²) in [7, 11) is 0. The van der Waals surface area contributed by atoms with Crippen molar-refractivity contribution in [3.05, 3.63) is 36.0 Å². The maximum atomic E-state index is 14.6. The molecule has 202 valence electrons. The van der Waals surface area contributed by atoms with Crippen LogP contribution in [0.5, 0.6) is 0 Å². The van der Waals surface area contributed by atoms with Crippen LogP contribution in [0.2, 0.25) is 0 Å². The van der Waals surface area contributed by atoms with E-state index < -0.39 is 81.1 Å². The molecule has 0 unspecified atom stereocenters. The van der Waals surface area contributed by atoms with Crippen LogP contribution in [0.15, 0.2) is 36.0 Å². The van der Waals surface area contributed by atoms with E-state index in [-0.39, 0.29) is 30.6 Å². The van der Waals surface area contributed by atoms with Crippen LogP contribution in [-0.2, 0) is 33.4 Å². The van der Waals surface area contributed by atoms with E-state index in [9.17, 15) is 34.5 Å². The van der Waals surface area contributed by atoms with E-state index in [0.717, 1.165) is 0 Å². The first kappa shape index (κ1) is 24.4. The molecule has 1 saturated carbocycles. The third kappa shape index (κ3) is 2.15. The van der Waals surface area contributed by atoms with Crippen LogP contribution in [0, 0.1) is 28.6 Å². The third-order valence-corrected chi connectivity index (χ3v) is 11.3. The second kappa shape index (κ2) is 6.55. The number of aliphatic hydroxyl groups excluding tert-OH is 1. The zero-order valence-corrected chi connectivity index (χ0v) is 21.4. The molecule has 4 heterocycles. The van der Waals surface area contributed by atoms with Gasteiger partial charge in [-0.25, -0.2) is 9.59 Å². The zero-order chi connectivity index (χ0) is 27.4. The molecule has 0 aromatic rings. The maximum Gasteiger partial charge on any atom is 0.342 e. The Hall–Kier alpha value is -2.66. The lowest BCUT2D eigenvalue weighted by atomic mass is 9.47. The number of rotatable bonds is 0. The van der Waals surface area contributed by atoms with E-state index in [1.165, 1.54) is 19.1 Å². The van der Waals surface area contributed by atoms with E-state index in [1.54, 1.807) is 19.9 Å². The summed E-state index contributed by atoms with van der Waals surface area (Å²) in [6, 6.07) is 0. The van der Waals surface area contributed by atoms with Crippen molar-refractivity contribution in [2.24, 2.45) is 28.6 Å². The Balaban J connectivity index is 1.52. The lowest BCUT2D eigenvalue weighted by Crippen LogP contribution is -2.77. The average Bonchev–Trinajstić information content (AvgIpc) is 3.19. The average molecular weight is 527 g/mol. The first-order valence-electron chi connectivity index (χ1n) is 13.1. The van der Waals surface area contributed by atoms with Crippen molar-refractivity contribution in [1.29, 1.82) is 0 Å². The quantitative estimate of drug-likeness (QED) is 0.230. The summed E-state index contributed by atoms with van der Waals surface area (Å²) in [5, 5.41) is 36.0. The summed E-state index contributed by atoms with van der Waals surface area (Å²) in [4.78, 5) is 54.4. The Bertz CT molecular complexity index is 1350. The molecule has 4 saturated heterocycles. The molecule has 4 aliphatic heterocycles. The Labute approximate surface area is 218 Å². The van der Waals surface area contributed by atoms with E-state index in [0.29, 0.717) is 12.0 Å². The number of hydrogen-bond acceptors (Lipinski definition) is 10. The van der Waals surface area contributed by atoms with Crippen LogP contribution in [0.25, 0.3) is 0 Å². The summed E-state index contributed by atoms with van der Waals surface area (Å²) in [6.07, 6.45) is 2.38. The number of carbonyl (C=O) groups is 4. The van der Waals surface area contributed by atoms with Crippen LogP contribution in [0.4, 0.5) is 0 Å². The molecule has 38 heavy (non-hydrogen) atoms. The number of hydrogen-bond donors (Lipinski definition) is 3. The fraction of sp³-hybridized carbons (Fsp3) is 0.643. The number of aliphatic hydroxyl groups is 3. The summed E-state index contributed by atoms with van der Waals surface area (Å²) in [5.41, 5.74) is -8.34. The van der Waals surface area contributed by atoms with Crippen LogP contribution in [0.1, 0.15) is 46.5 Å². The molecule has 1 spiro atoms. The molecule has 3 N–H and O–H groups in total. The Kier molecular flexibility index (Phi) is 4.20. The minimum absolute atomic E-state index is 0.00631. The molecule has 10 nitrogen and oxygen atoms in total. The van der Waals surface area contributed by atoms with Crippen molar-refractivity contribution in [3.63, 3.8) is 0 Å². The van der Waals surface area contributed by atoms with Crippen LogP contribution in [-0.4, -0.2) is 73.6 Å². The standard InChI is InChI=1S/C28H30O10/c1-12-21(32)36-17-11-23(12,2)19-20(31)27(35)18-14(24(3)13(10-15(18)29)6-5-7-16(24)30)8-9-26(34)22(33)37-25(17,4)28(19,26)38-27/h5,7,10,14-15,17-19,29,34-35H,1,6,8-9,11H2,2-4H3/t14-,15-,17+,18-,19-,23+,24-,25-,26+,27-,28-/m0/s1. The largest absolute Gasteiger partial charge is 0.455 e. The molecular formula is C28H30O10. The Morgan fingerprint density at radius 2 is 1.82 bits per heavy atom. The molecule has 7 rings (SSSR count). The van der Waals surface area contributed by atoms with Gasteiger partial charge in [0.2, 0.25) is 5.79 Å². The van der Waals surface area contributed by atoms with Gasteiger partial charge in [-0.15, -0.1) is 0 Å². The number of fused-ring (bicyclic) bond motifs is 9. The number of allylic oxidation sites excluding steroid dienone is 3. The SMILES string of the molecule is C=C1C(=O)O[C@@H]2C[C@@]1(C)[C@@H]1C(=O)[C@@]3(O)O[C@@]14[C@@](O)(CC[C@H]1[C@H]3[C@@H](O)C=C3CC=CC(=O)[C@@]31C)C(=O)O[C@@]24C. The van der Waals surface area contributed by atoms with Crippen molar-refractivity contribution in [3.8, 4) is 0 Å². The Morgan fingerprint density at radius 3 is 2.53 bits per heavy atom. The highest BCUT2D eigenvalue weighted by Crippen LogP contribution is 2.73. The number of ketones is 2. The van der Waals surface area contributed by atoms with E-state index >= 15 is 0 Å². The molecule has 10 heteroatoms. The molecule has 3 aliphatic carbocycles. The number of ether oxygens (including phenoxy) is 3. The van der Waals surface area contributed by atoms with Gasteiger partial charge in [0.05, 0.1) is 23.4 Å². The molecule has 0 radical (unpaired) electrons. The second-order valence-electron chi connectivity index (χ2n) is 12.7. The van der Waals surface area contributed by atoms with Gasteiger partial charge in [0, 0.05) is 11.0 Å². The van der Waals surface area contributed by atoms with Gasteiger partial charge in [0.25, 0.3) is 0 Å². The summed E-state index contributed by atoms with van der Waals surface area (Å²) >= 11 is 0. The van der Waals surface area contributed by atoms with Crippen LogP contribution in [0.3, 0.4) is 0 Å². The molecule has 11 atom stereocenters. The van der Waals surface area contributed by atoms with Gasteiger partial charge < -0.3 is 29.5 Å². The first-order valence-corrected chi connectivity index (χ1v) is 13.1. The van der Waals surface area contributed by atoms with Gasteiger partial charge in [-0.05, 0) is 51.5 Å². The molecule has 0 amide bonds. The predicted molar refractivity (Wildman–Crippen MR) is 126 cm³/mol. The molecule has 4 bridgehead atoms. The first-order chi connectivity index (χ1) is 17.6. The number of Topliss-reactive ketones (excluding diaryl/α,β-unsaturated/α-hetero) is 1. The summed E-state index contributed by atoms with van der Waals surface area (Å²) in [6.45, 7) is 8.65. The Morgan fingerprint density at radius 1 is 1.11 bits per heavy atom. The highest BCUT2D eigenvalue weighted by atomic mass is 16.7. The van der Waals surface area contributed by atoms with E-state index in [4.69, 9.17) is 14.2 Å². The summed E-state index contributed by atoms with van der Waals surface area (Å²) in [5.74, 6) is -9.26. The van der Waals surface area contributed by atoms with Crippen molar-refractivity contribution >= 4 is 23.5 Å². The number of esters is 2. The summed E-state index contributed by atoms with van der Waals surface area (Å²) < 4.78 is 17.8. The lowest BCUT2D eigenvalue weighted by Gasteiger charge is -2.60. The normalized spacial score (nSPS) is 56.2. The van der Waals surface area contributed by atoms with E-state index in [2.05, 4.69) is 6.58 Å². The van der Waals surface area contributed by atoms with Crippen molar-refractivity contribution in [1.82, 2.24) is 0 Å². The van der Waals surface area contributed by atoms with Crippen LogP contribution >= 0.6 is 0 Å². The third-order valence-electron chi connectivity index (χ3n) is 11.3. The maximum absolute atomic E-state index is 14.6. The minimum Gasteiger partial charge on any atom is -0.455 e. The zero-order valence-electron chi connectivity index (χ0n) is 21.4. The highest BCUT2D eigenvalue weighted by molar-refractivity contribution is 6.02. The fourth-order valence-electron chi connectivity index (χ4n) is 9.26. The highest BCUT2D eigenvalue weighted by Gasteiger charge is 2.92. The molecule has 0 aromatic heterocycles. The predicted octanol–water partition coefficient (Wildman–Crippen LogP) is 0.430.